The molecule has 1 N–H and O–H groups in total. The van der Waals surface area contributed by atoms with Crippen molar-refractivity contribution in [1.29, 1.82) is 0 Å². The Morgan fingerprint density at radius 3 is 2.52 bits per heavy atom. The van der Waals surface area contributed by atoms with Crippen molar-refractivity contribution in [2.75, 3.05) is 19.7 Å². The van der Waals surface area contributed by atoms with Gasteiger partial charge in [-0.15, -0.1) is 0 Å². The summed E-state index contributed by atoms with van der Waals surface area (Å²) in [6.45, 7) is 15.7. The van der Waals surface area contributed by atoms with E-state index < -0.39 is 0 Å². The Morgan fingerprint density at radius 2 is 2.00 bits per heavy atom. The third-order valence-corrected chi connectivity index (χ3v) is 4.28. The second kappa shape index (κ2) is 8.02. The standard InChI is InChI=1S/C17H34N2O2/c1-7-13(3)19-11-14(10-17(4,5)6)9-15(12-19)18-16(20)21-8-2/h13-15H,7-12H2,1-6H3,(H,18,20). The molecule has 0 radical (unpaired) electrons. The van der Waals surface area contributed by atoms with E-state index in [-0.39, 0.29) is 12.1 Å². The van der Waals surface area contributed by atoms with Crippen molar-refractivity contribution in [3.63, 3.8) is 0 Å². The first-order chi connectivity index (χ1) is 9.75. The molecule has 0 spiro atoms. The van der Waals surface area contributed by atoms with Gasteiger partial charge in [0.1, 0.15) is 0 Å². The minimum atomic E-state index is -0.275. The van der Waals surface area contributed by atoms with Crippen LogP contribution in [0, 0.1) is 11.3 Å². The molecular weight excluding hydrogens is 264 g/mol. The molecule has 21 heavy (non-hydrogen) atoms. The van der Waals surface area contributed by atoms with Crippen molar-refractivity contribution < 1.29 is 9.53 Å². The predicted molar refractivity (Wildman–Crippen MR) is 87.5 cm³/mol. The molecule has 4 nitrogen and oxygen atoms in total. The van der Waals surface area contributed by atoms with Crippen LogP contribution in [0.15, 0.2) is 0 Å². The lowest BCUT2D eigenvalue weighted by molar-refractivity contribution is 0.0773. The molecule has 0 bridgehead atoms. The van der Waals surface area contributed by atoms with Gasteiger partial charge in [0.25, 0.3) is 0 Å². The van der Waals surface area contributed by atoms with Gasteiger partial charge in [-0.3, -0.25) is 4.90 Å². The molecule has 0 saturated carbocycles. The summed E-state index contributed by atoms with van der Waals surface area (Å²) in [7, 11) is 0. The maximum atomic E-state index is 11.7. The number of hydrogen-bond donors (Lipinski definition) is 1. The zero-order valence-electron chi connectivity index (χ0n) is 14.7. The highest BCUT2D eigenvalue weighted by Crippen LogP contribution is 2.31. The lowest BCUT2D eigenvalue weighted by Gasteiger charge is -2.42. The van der Waals surface area contributed by atoms with Crippen LogP contribution in [0.2, 0.25) is 0 Å². The Labute approximate surface area is 130 Å². The molecule has 124 valence electrons. The van der Waals surface area contributed by atoms with Crippen LogP contribution in [0.4, 0.5) is 4.79 Å². The van der Waals surface area contributed by atoms with E-state index in [9.17, 15) is 4.79 Å². The zero-order chi connectivity index (χ0) is 16.0. The number of nitrogens with one attached hydrogen (secondary N) is 1. The number of nitrogens with zero attached hydrogens (tertiary/aromatic N) is 1. The summed E-state index contributed by atoms with van der Waals surface area (Å²) in [6, 6.07) is 0.776. The largest absolute Gasteiger partial charge is 0.450 e. The van der Waals surface area contributed by atoms with Gasteiger partial charge in [-0.2, -0.15) is 0 Å². The number of amides is 1. The Kier molecular flexibility index (Phi) is 6.98. The normalized spacial score (nSPS) is 25.4. The molecule has 4 heteroatoms. The zero-order valence-corrected chi connectivity index (χ0v) is 14.7. The van der Waals surface area contributed by atoms with Crippen LogP contribution < -0.4 is 5.32 Å². The summed E-state index contributed by atoms with van der Waals surface area (Å²) in [6.07, 6.45) is 3.13. The van der Waals surface area contributed by atoms with E-state index in [0.717, 1.165) is 25.9 Å². The summed E-state index contributed by atoms with van der Waals surface area (Å²) < 4.78 is 5.03. The highest BCUT2D eigenvalue weighted by molar-refractivity contribution is 5.67. The van der Waals surface area contributed by atoms with Crippen molar-refractivity contribution in [2.24, 2.45) is 11.3 Å². The molecule has 1 rings (SSSR count). The van der Waals surface area contributed by atoms with E-state index in [2.05, 4.69) is 44.8 Å². The van der Waals surface area contributed by atoms with Crippen LogP contribution in [0.5, 0.6) is 0 Å². The van der Waals surface area contributed by atoms with Crippen molar-refractivity contribution >= 4 is 6.09 Å². The molecule has 1 amide bonds. The first-order valence-corrected chi connectivity index (χ1v) is 8.42. The summed E-state index contributed by atoms with van der Waals surface area (Å²) in [5.41, 5.74) is 0.331. The van der Waals surface area contributed by atoms with Gasteiger partial charge in [0.15, 0.2) is 0 Å². The highest BCUT2D eigenvalue weighted by Gasteiger charge is 2.32. The molecule has 1 aliphatic rings. The lowest BCUT2D eigenvalue weighted by atomic mass is 9.79. The monoisotopic (exact) mass is 298 g/mol. The number of carbonyl (C=O) groups excluding carboxylic acids is 1. The Morgan fingerprint density at radius 1 is 1.33 bits per heavy atom. The predicted octanol–water partition coefficient (Wildman–Crippen LogP) is 3.66. The van der Waals surface area contributed by atoms with Gasteiger partial charge in [-0.05, 0) is 44.4 Å². The summed E-state index contributed by atoms with van der Waals surface area (Å²) in [4.78, 5) is 14.2. The number of hydrogen-bond acceptors (Lipinski definition) is 3. The van der Waals surface area contributed by atoms with Gasteiger partial charge in [-0.1, -0.05) is 27.7 Å². The van der Waals surface area contributed by atoms with Gasteiger partial charge < -0.3 is 10.1 Å². The SMILES string of the molecule is CCOC(=O)NC1CC(CC(C)(C)C)CN(C(C)CC)C1. The minimum absolute atomic E-state index is 0.208. The topological polar surface area (TPSA) is 41.6 Å². The fourth-order valence-electron chi connectivity index (χ4n) is 3.32. The maximum absolute atomic E-state index is 11.7. The number of carbonyl (C=O) groups is 1. The van der Waals surface area contributed by atoms with E-state index in [1.807, 2.05) is 6.92 Å². The minimum Gasteiger partial charge on any atom is -0.450 e. The molecule has 0 aromatic heterocycles. The van der Waals surface area contributed by atoms with Gasteiger partial charge in [0.05, 0.1) is 6.61 Å². The van der Waals surface area contributed by atoms with Crippen LogP contribution in [0.1, 0.15) is 60.8 Å². The van der Waals surface area contributed by atoms with Crippen LogP contribution in [0.25, 0.3) is 0 Å². The van der Waals surface area contributed by atoms with Crippen LogP contribution in [-0.2, 0) is 4.74 Å². The first-order valence-electron chi connectivity index (χ1n) is 8.42. The third-order valence-electron chi connectivity index (χ3n) is 4.28. The van der Waals surface area contributed by atoms with E-state index in [1.165, 1.54) is 6.42 Å². The average molecular weight is 298 g/mol. The van der Waals surface area contributed by atoms with Crippen molar-refractivity contribution in [3.8, 4) is 0 Å². The number of ether oxygens (including phenoxy) is 1. The van der Waals surface area contributed by atoms with E-state index >= 15 is 0 Å². The molecule has 3 atom stereocenters. The number of likely N-dealkylation sites (tertiary alicyclic amines) is 1. The second-order valence-corrected chi connectivity index (χ2v) is 7.64. The molecule has 1 heterocycles. The fraction of sp³-hybridized carbons (Fsp3) is 0.941. The van der Waals surface area contributed by atoms with E-state index in [4.69, 9.17) is 4.74 Å². The molecular formula is C17H34N2O2. The molecule has 1 saturated heterocycles. The van der Waals surface area contributed by atoms with Crippen molar-refractivity contribution in [3.05, 3.63) is 0 Å². The van der Waals surface area contributed by atoms with E-state index in [0.29, 0.717) is 24.0 Å². The molecule has 3 unspecified atom stereocenters. The summed E-state index contributed by atoms with van der Waals surface area (Å²) in [5, 5.41) is 3.04. The maximum Gasteiger partial charge on any atom is 0.407 e. The molecule has 0 aromatic rings. The quantitative estimate of drug-likeness (QED) is 0.842. The van der Waals surface area contributed by atoms with Crippen molar-refractivity contribution in [2.45, 2.75) is 72.9 Å². The molecule has 1 fully saturated rings. The summed E-state index contributed by atoms with van der Waals surface area (Å²) in [5.74, 6) is 0.639. The fourth-order valence-corrected chi connectivity index (χ4v) is 3.32. The Bertz CT molecular complexity index is 325. The second-order valence-electron chi connectivity index (χ2n) is 7.64. The van der Waals surface area contributed by atoms with Crippen LogP contribution in [0.3, 0.4) is 0 Å². The van der Waals surface area contributed by atoms with Crippen LogP contribution in [-0.4, -0.2) is 42.8 Å². The van der Waals surface area contributed by atoms with Gasteiger partial charge >= 0.3 is 6.09 Å². The summed E-state index contributed by atoms with van der Waals surface area (Å²) >= 11 is 0. The van der Waals surface area contributed by atoms with E-state index in [1.54, 1.807) is 0 Å². The number of piperidine rings is 1. The smallest absolute Gasteiger partial charge is 0.407 e. The first kappa shape index (κ1) is 18.3. The Hall–Kier alpha value is -0.770. The third kappa shape index (κ3) is 6.68. The lowest BCUT2D eigenvalue weighted by Crippen LogP contribution is -2.53. The highest BCUT2D eigenvalue weighted by atomic mass is 16.5. The van der Waals surface area contributed by atoms with Gasteiger partial charge in [0, 0.05) is 25.2 Å². The van der Waals surface area contributed by atoms with Gasteiger partial charge in [-0.25, -0.2) is 4.79 Å². The molecule has 1 aliphatic heterocycles. The Balaban J connectivity index is 2.67. The average Bonchev–Trinajstić information content (AvgIpc) is 2.35. The van der Waals surface area contributed by atoms with Crippen molar-refractivity contribution in [1.82, 2.24) is 10.2 Å². The molecule has 0 aromatic carbocycles. The number of rotatable bonds is 5. The number of alkyl carbamates (subject to hydrolysis) is 1. The van der Waals surface area contributed by atoms with Gasteiger partial charge in [0.2, 0.25) is 0 Å². The molecule has 0 aliphatic carbocycles. The van der Waals surface area contributed by atoms with Crippen LogP contribution >= 0.6 is 0 Å².